The molecule has 0 radical (unpaired) electrons. The number of nitrogens with one attached hydrogen (secondary N) is 2. The number of anilines is 5. The van der Waals surface area contributed by atoms with Crippen molar-refractivity contribution in [3.63, 3.8) is 0 Å². The average molecular weight is 480 g/mol. The minimum atomic E-state index is 0.313. The van der Waals surface area contributed by atoms with E-state index in [-0.39, 0.29) is 0 Å². The minimum Gasteiger partial charge on any atom is -0.426 e. The average Bonchev–Trinajstić information content (AvgIpc) is 3.14. The van der Waals surface area contributed by atoms with Gasteiger partial charge in [0.2, 0.25) is 11.9 Å². The van der Waals surface area contributed by atoms with E-state index >= 15 is 0 Å². The molecule has 2 N–H and O–H groups in total. The van der Waals surface area contributed by atoms with Crippen LogP contribution >= 0.6 is 12.0 Å². The van der Waals surface area contributed by atoms with Gasteiger partial charge in [-0.2, -0.15) is 4.98 Å². The van der Waals surface area contributed by atoms with Gasteiger partial charge in [0.25, 0.3) is 0 Å². The van der Waals surface area contributed by atoms with Gasteiger partial charge in [-0.25, -0.2) is 9.97 Å². The Labute approximate surface area is 206 Å². The van der Waals surface area contributed by atoms with Crippen molar-refractivity contribution in [2.75, 3.05) is 28.8 Å². The first-order valence-corrected chi connectivity index (χ1v) is 12.5. The van der Waals surface area contributed by atoms with Crippen LogP contribution in [0, 0.1) is 0 Å². The topological polar surface area (TPSA) is 80.1 Å². The van der Waals surface area contributed by atoms with Gasteiger partial charge in [-0.3, -0.25) is 0 Å². The third-order valence-electron chi connectivity index (χ3n) is 4.92. The third kappa shape index (κ3) is 5.91. The summed E-state index contributed by atoms with van der Waals surface area (Å²) in [6.07, 6.45) is 3.62. The van der Waals surface area contributed by atoms with E-state index in [1.54, 1.807) is 6.20 Å². The number of rotatable bonds is 8. The monoisotopic (exact) mass is 479 g/mol. The Morgan fingerprint density at radius 1 is 1.06 bits per heavy atom. The maximum Gasteiger partial charge on any atom is 0.229 e. The lowest BCUT2D eigenvalue weighted by Crippen LogP contribution is -2.13. The second-order valence-corrected chi connectivity index (χ2v) is 8.17. The molecule has 0 fully saturated rings. The number of hydrogen-bond donors (Lipinski definition) is 2. The summed E-state index contributed by atoms with van der Waals surface area (Å²) in [7, 11) is 4.00. The molecule has 0 saturated heterocycles. The van der Waals surface area contributed by atoms with Gasteiger partial charge < -0.3 is 24.3 Å². The zero-order chi connectivity index (χ0) is 24.7. The molecule has 2 aromatic heterocycles. The Morgan fingerprint density at radius 2 is 1.85 bits per heavy atom. The normalized spacial score (nSPS) is 10.6. The first kappa shape index (κ1) is 25.2. The second kappa shape index (κ2) is 11.6. The van der Waals surface area contributed by atoms with E-state index in [9.17, 15) is 0 Å². The smallest absolute Gasteiger partial charge is 0.229 e. The van der Waals surface area contributed by atoms with E-state index in [1.165, 1.54) is 12.0 Å². The molecule has 4 rings (SSSR count). The van der Waals surface area contributed by atoms with Crippen LogP contribution in [-0.2, 0) is 7.05 Å². The van der Waals surface area contributed by atoms with Crippen LogP contribution in [0.2, 0.25) is 0 Å². The van der Waals surface area contributed by atoms with Crippen LogP contribution in [0.25, 0.3) is 11.0 Å². The maximum atomic E-state index is 5.49. The Bertz CT molecular complexity index is 1230. The molecule has 2 aromatic carbocycles. The molecule has 0 atom stereocenters. The molecule has 8 nitrogen and oxygen atoms in total. The SMILES string of the molecule is CC.CSOc1cccc(Nc2nccc(N(C)c3ccc4c(c3)nc(NC(C)C)n4C)n2)c1. The summed E-state index contributed by atoms with van der Waals surface area (Å²) in [5, 5.41) is 6.63. The Morgan fingerprint density at radius 3 is 2.59 bits per heavy atom. The van der Waals surface area contributed by atoms with E-state index in [1.807, 2.05) is 69.4 Å². The van der Waals surface area contributed by atoms with Crippen molar-refractivity contribution in [3.05, 3.63) is 54.7 Å². The molecule has 9 heteroatoms. The molecular formula is C25H33N7OS. The van der Waals surface area contributed by atoms with E-state index < -0.39 is 0 Å². The zero-order valence-corrected chi connectivity index (χ0v) is 21.6. The molecule has 0 saturated carbocycles. The molecule has 0 amide bonds. The number of hydrogen-bond acceptors (Lipinski definition) is 8. The van der Waals surface area contributed by atoms with Gasteiger partial charge in [-0.1, -0.05) is 19.9 Å². The van der Waals surface area contributed by atoms with Crippen molar-refractivity contribution in [1.29, 1.82) is 0 Å². The summed E-state index contributed by atoms with van der Waals surface area (Å²) in [5.74, 6) is 2.91. The van der Waals surface area contributed by atoms with Crippen LogP contribution in [0.3, 0.4) is 0 Å². The first-order valence-electron chi connectivity index (χ1n) is 11.3. The molecule has 0 spiro atoms. The third-order valence-corrected chi connectivity index (χ3v) is 5.28. The summed E-state index contributed by atoms with van der Waals surface area (Å²) in [4.78, 5) is 15.8. The number of aryl methyl sites for hydroxylation is 1. The molecule has 0 bridgehead atoms. The summed E-state index contributed by atoms with van der Waals surface area (Å²) in [6, 6.07) is 16.1. The predicted octanol–water partition coefficient (Wildman–Crippen LogP) is 6.38. The highest BCUT2D eigenvalue weighted by Gasteiger charge is 2.13. The van der Waals surface area contributed by atoms with Crippen LogP contribution in [0.15, 0.2) is 54.7 Å². The highest BCUT2D eigenvalue weighted by atomic mass is 32.2. The van der Waals surface area contributed by atoms with Gasteiger partial charge in [0.15, 0.2) is 0 Å². The van der Waals surface area contributed by atoms with E-state index in [2.05, 4.69) is 57.2 Å². The second-order valence-electron chi connectivity index (χ2n) is 7.67. The number of imidazole rings is 1. The molecule has 0 aliphatic heterocycles. The van der Waals surface area contributed by atoms with Crippen molar-refractivity contribution >= 4 is 52.2 Å². The Kier molecular flexibility index (Phi) is 8.59. The van der Waals surface area contributed by atoms with Gasteiger partial charge in [-0.05, 0) is 50.2 Å². The molecular weight excluding hydrogens is 446 g/mol. The predicted molar refractivity (Wildman–Crippen MR) is 145 cm³/mol. The van der Waals surface area contributed by atoms with Gasteiger partial charge in [0.1, 0.15) is 11.6 Å². The largest absolute Gasteiger partial charge is 0.426 e. The Hall–Kier alpha value is -3.46. The van der Waals surface area contributed by atoms with Crippen molar-refractivity contribution in [3.8, 4) is 5.75 Å². The van der Waals surface area contributed by atoms with E-state index in [0.717, 1.165) is 39.9 Å². The highest BCUT2D eigenvalue weighted by Crippen LogP contribution is 2.28. The number of aromatic nitrogens is 4. The van der Waals surface area contributed by atoms with Crippen LogP contribution in [0.4, 0.5) is 29.1 Å². The van der Waals surface area contributed by atoms with Crippen molar-refractivity contribution in [2.45, 2.75) is 33.7 Å². The number of benzene rings is 2. The quantitative estimate of drug-likeness (QED) is 0.282. The highest BCUT2D eigenvalue weighted by molar-refractivity contribution is 7.94. The summed E-state index contributed by atoms with van der Waals surface area (Å²) in [6.45, 7) is 8.21. The Balaban J connectivity index is 0.00000158. The lowest BCUT2D eigenvalue weighted by atomic mass is 10.2. The molecule has 0 unspecified atom stereocenters. The lowest BCUT2D eigenvalue weighted by molar-refractivity contribution is 0.651. The summed E-state index contributed by atoms with van der Waals surface area (Å²) < 4.78 is 7.56. The van der Waals surface area contributed by atoms with Crippen molar-refractivity contribution in [1.82, 2.24) is 19.5 Å². The molecule has 180 valence electrons. The van der Waals surface area contributed by atoms with Gasteiger partial charge in [0, 0.05) is 50.0 Å². The van der Waals surface area contributed by atoms with Gasteiger partial charge >= 0.3 is 0 Å². The maximum absolute atomic E-state index is 5.49. The first-order chi connectivity index (χ1) is 16.4. The zero-order valence-electron chi connectivity index (χ0n) is 20.8. The molecule has 4 aromatic rings. The minimum absolute atomic E-state index is 0.313. The number of fused-ring (bicyclic) bond motifs is 1. The fourth-order valence-corrected chi connectivity index (χ4v) is 3.66. The molecule has 0 aliphatic carbocycles. The van der Waals surface area contributed by atoms with Gasteiger partial charge in [0.05, 0.1) is 23.1 Å². The summed E-state index contributed by atoms with van der Waals surface area (Å²) >= 11 is 1.30. The molecule has 34 heavy (non-hydrogen) atoms. The van der Waals surface area contributed by atoms with Crippen LogP contribution < -0.4 is 19.7 Å². The van der Waals surface area contributed by atoms with Crippen molar-refractivity contribution in [2.24, 2.45) is 7.05 Å². The molecule has 0 aliphatic rings. The van der Waals surface area contributed by atoms with E-state index in [0.29, 0.717) is 12.0 Å². The van der Waals surface area contributed by atoms with Gasteiger partial charge in [-0.15, -0.1) is 0 Å². The van der Waals surface area contributed by atoms with Crippen LogP contribution in [0.5, 0.6) is 5.75 Å². The fraction of sp³-hybridized carbons (Fsp3) is 0.320. The van der Waals surface area contributed by atoms with Crippen LogP contribution in [0.1, 0.15) is 27.7 Å². The fourth-order valence-electron chi connectivity index (χ4n) is 3.36. The number of nitrogens with zero attached hydrogens (tertiary/aromatic N) is 5. The standard InChI is InChI=1S/C23H27N7OS.C2H6/c1-15(2)25-23-27-19-14-17(9-10-20(19)30(23)4)29(3)21-11-12-24-22(28-21)26-16-7-6-8-18(13-16)31-32-5;1-2/h6-15H,1-5H3,(H,25,27)(H,24,26,28);1-2H3. The van der Waals surface area contributed by atoms with Crippen LogP contribution in [-0.4, -0.2) is 38.9 Å². The lowest BCUT2D eigenvalue weighted by Gasteiger charge is -2.19. The summed E-state index contributed by atoms with van der Waals surface area (Å²) in [5.41, 5.74) is 3.85. The van der Waals surface area contributed by atoms with Crippen molar-refractivity contribution < 1.29 is 4.18 Å². The molecule has 2 heterocycles. The van der Waals surface area contributed by atoms with E-state index in [4.69, 9.17) is 9.17 Å².